The van der Waals surface area contributed by atoms with Crippen molar-refractivity contribution >= 4 is 27.9 Å². The molecule has 0 aliphatic rings. The fourth-order valence-electron chi connectivity index (χ4n) is 2.45. The van der Waals surface area contributed by atoms with Crippen molar-refractivity contribution in [3.63, 3.8) is 0 Å². The predicted octanol–water partition coefficient (Wildman–Crippen LogP) is 3.43. The van der Waals surface area contributed by atoms with Gasteiger partial charge in [-0.05, 0) is 24.5 Å². The number of hydrogen-bond acceptors (Lipinski definition) is 5. The van der Waals surface area contributed by atoms with Gasteiger partial charge in [-0.15, -0.1) is 15.3 Å². The van der Waals surface area contributed by atoms with Crippen molar-refractivity contribution < 1.29 is 4.79 Å². The number of benzene rings is 1. The van der Waals surface area contributed by atoms with Crippen molar-refractivity contribution in [1.29, 1.82) is 0 Å². The first-order valence-electron chi connectivity index (χ1n) is 7.63. The van der Waals surface area contributed by atoms with Gasteiger partial charge in [-0.1, -0.05) is 50.3 Å². The van der Waals surface area contributed by atoms with Gasteiger partial charge in [0.2, 0.25) is 9.97 Å². The van der Waals surface area contributed by atoms with Crippen molar-refractivity contribution in [1.82, 2.24) is 19.8 Å². The van der Waals surface area contributed by atoms with E-state index in [0.29, 0.717) is 9.97 Å². The number of para-hydroxylation sites is 1. The van der Waals surface area contributed by atoms with Gasteiger partial charge in [0.15, 0.2) is 5.82 Å². The molecule has 0 spiro atoms. The van der Waals surface area contributed by atoms with Gasteiger partial charge in [-0.3, -0.25) is 4.79 Å². The van der Waals surface area contributed by atoms with Gasteiger partial charge in [0, 0.05) is 11.6 Å². The average Bonchev–Trinajstić information content (AvgIpc) is 3.08. The lowest BCUT2D eigenvalue weighted by atomic mass is 10.1. The standard InChI is InChI=1S/C16H19N5OS/c1-5-11-8-6-7-10(4)12(11)17-14(22)15-20-21-13(9(2)3)18-19-16(21)23-15/h6-9H,5H2,1-4H3,(H,17,22). The molecule has 0 unspecified atom stereocenters. The van der Waals surface area contributed by atoms with E-state index in [9.17, 15) is 4.79 Å². The van der Waals surface area contributed by atoms with Crippen molar-refractivity contribution in [2.75, 3.05) is 5.32 Å². The largest absolute Gasteiger partial charge is 0.319 e. The summed E-state index contributed by atoms with van der Waals surface area (Å²) in [4.78, 5) is 13.2. The van der Waals surface area contributed by atoms with E-state index in [1.807, 2.05) is 39.0 Å². The molecule has 120 valence electrons. The van der Waals surface area contributed by atoms with Crippen molar-refractivity contribution in [2.24, 2.45) is 0 Å². The van der Waals surface area contributed by atoms with Gasteiger partial charge in [0.1, 0.15) is 0 Å². The topological polar surface area (TPSA) is 72.2 Å². The molecule has 1 aromatic carbocycles. The van der Waals surface area contributed by atoms with Crippen molar-refractivity contribution in [3.8, 4) is 0 Å². The summed E-state index contributed by atoms with van der Waals surface area (Å²) in [6, 6.07) is 6.02. The summed E-state index contributed by atoms with van der Waals surface area (Å²) in [5, 5.41) is 16.0. The Kier molecular flexibility index (Phi) is 4.12. The number of fused-ring (bicyclic) bond motifs is 1. The van der Waals surface area contributed by atoms with E-state index in [1.54, 1.807) is 4.52 Å². The number of nitrogens with one attached hydrogen (secondary N) is 1. The smallest absolute Gasteiger partial charge is 0.286 e. The Labute approximate surface area is 138 Å². The lowest BCUT2D eigenvalue weighted by Crippen LogP contribution is -2.14. The van der Waals surface area contributed by atoms with Crippen molar-refractivity contribution in [2.45, 2.75) is 40.0 Å². The summed E-state index contributed by atoms with van der Waals surface area (Å²) < 4.78 is 1.66. The molecule has 23 heavy (non-hydrogen) atoms. The minimum absolute atomic E-state index is 0.200. The number of carbonyl (C=O) groups excluding carboxylic acids is 1. The zero-order chi connectivity index (χ0) is 16.6. The number of carbonyl (C=O) groups is 1. The minimum Gasteiger partial charge on any atom is -0.319 e. The highest BCUT2D eigenvalue weighted by Gasteiger charge is 2.19. The zero-order valence-corrected chi connectivity index (χ0v) is 14.4. The molecule has 0 radical (unpaired) electrons. The monoisotopic (exact) mass is 329 g/mol. The third kappa shape index (κ3) is 2.84. The average molecular weight is 329 g/mol. The van der Waals surface area contributed by atoms with Crippen LogP contribution in [-0.4, -0.2) is 25.7 Å². The van der Waals surface area contributed by atoms with Crippen LogP contribution in [0.15, 0.2) is 18.2 Å². The number of anilines is 1. The molecular weight excluding hydrogens is 310 g/mol. The molecule has 0 aliphatic heterocycles. The lowest BCUT2D eigenvalue weighted by Gasteiger charge is -2.11. The molecule has 3 rings (SSSR count). The third-order valence-corrected chi connectivity index (χ3v) is 4.60. The highest BCUT2D eigenvalue weighted by molar-refractivity contribution is 7.18. The summed E-state index contributed by atoms with van der Waals surface area (Å²) in [6.45, 7) is 8.11. The summed E-state index contributed by atoms with van der Waals surface area (Å²) >= 11 is 1.25. The van der Waals surface area contributed by atoms with E-state index in [-0.39, 0.29) is 11.8 Å². The van der Waals surface area contributed by atoms with Crippen LogP contribution < -0.4 is 5.32 Å². The van der Waals surface area contributed by atoms with Gasteiger partial charge in [0.25, 0.3) is 5.91 Å². The van der Waals surface area contributed by atoms with E-state index in [0.717, 1.165) is 29.1 Å². The van der Waals surface area contributed by atoms with Crippen LogP contribution in [0.4, 0.5) is 5.69 Å². The van der Waals surface area contributed by atoms with E-state index in [2.05, 4.69) is 27.5 Å². The molecule has 6 nitrogen and oxygen atoms in total. The Hall–Kier alpha value is -2.28. The minimum atomic E-state index is -0.209. The Morgan fingerprint density at radius 1 is 1.35 bits per heavy atom. The third-order valence-electron chi connectivity index (χ3n) is 3.70. The molecule has 2 heterocycles. The van der Waals surface area contributed by atoms with Crippen LogP contribution >= 0.6 is 11.3 Å². The number of aryl methyl sites for hydroxylation is 2. The summed E-state index contributed by atoms with van der Waals surface area (Å²) in [5.74, 6) is 0.755. The molecule has 0 saturated carbocycles. The maximum Gasteiger partial charge on any atom is 0.286 e. The predicted molar refractivity (Wildman–Crippen MR) is 91.3 cm³/mol. The molecule has 3 aromatic rings. The van der Waals surface area contributed by atoms with Gasteiger partial charge < -0.3 is 5.32 Å². The van der Waals surface area contributed by atoms with Crippen LogP contribution in [0.2, 0.25) is 0 Å². The van der Waals surface area contributed by atoms with Crippen LogP contribution in [-0.2, 0) is 6.42 Å². The highest BCUT2D eigenvalue weighted by Crippen LogP contribution is 2.23. The van der Waals surface area contributed by atoms with E-state index in [4.69, 9.17) is 0 Å². The van der Waals surface area contributed by atoms with Crippen molar-refractivity contribution in [3.05, 3.63) is 40.2 Å². The number of hydrogen-bond donors (Lipinski definition) is 1. The van der Waals surface area contributed by atoms with Crippen LogP contribution in [0.1, 0.15) is 53.4 Å². The Morgan fingerprint density at radius 3 is 2.83 bits per heavy atom. The zero-order valence-electron chi connectivity index (χ0n) is 13.6. The first-order valence-corrected chi connectivity index (χ1v) is 8.44. The number of nitrogens with zero attached hydrogens (tertiary/aromatic N) is 4. The van der Waals surface area contributed by atoms with Gasteiger partial charge in [-0.2, -0.15) is 4.52 Å². The molecule has 0 saturated heterocycles. The second-order valence-corrected chi connectivity index (χ2v) is 6.69. The molecule has 1 N–H and O–H groups in total. The van der Waals surface area contributed by atoms with E-state index < -0.39 is 0 Å². The summed E-state index contributed by atoms with van der Waals surface area (Å²) in [6.07, 6.45) is 0.861. The van der Waals surface area contributed by atoms with Gasteiger partial charge >= 0.3 is 0 Å². The fourth-order valence-corrected chi connectivity index (χ4v) is 3.19. The SMILES string of the molecule is CCc1cccc(C)c1NC(=O)c1nn2c(C(C)C)nnc2s1. The van der Waals surface area contributed by atoms with E-state index in [1.165, 1.54) is 11.3 Å². The molecule has 1 amide bonds. The highest BCUT2D eigenvalue weighted by atomic mass is 32.1. The van der Waals surface area contributed by atoms with Crippen LogP contribution in [0, 0.1) is 6.92 Å². The Morgan fingerprint density at radius 2 is 2.13 bits per heavy atom. The number of aromatic nitrogens is 4. The number of amides is 1. The molecule has 2 aromatic heterocycles. The normalized spacial score (nSPS) is 11.3. The molecular formula is C16H19N5OS. The van der Waals surface area contributed by atoms with Crippen LogP contribution in [0.5, 0.6) is 0 Å². The molecule has 0 fully saturated rings. The maximum absolute atomic E-state index is 12.6. The molecule has 0 aliphatic carbocycles. The van der Waals surface area contributed by atoms with Gasteiger partial charge in [-0.25, -0.2) is 0 Å². The maximum atomic E-state index is 12.6. The molecule has 0 atom stereocenters. The van der Waals surface area contributed by atoms with Crippen LogP contribution in [0.3, 0.4) is 0 Å². The Bertz CT molecular complexity index is 865. The lowest BCUT2D eigenvalue weighted by molar-refractivity contribution is 0.102. The van der Waals surface area contributed by atoms with Crippen LogP contribution in [0.25, 0.3) is 4.96 Å². The fraction of sp³-hybridized carbons (Fsp3) is 0.375. The second-order valence-electron chi connectivity index (χ2n) is 5.73. The summed E-state index contributed by atoms with van der Waals surface area (Å²) in [7, 11) is 0. The summed E-state index contributed by atoms with van der Waals surface area (Å²) in [5.41, 5.74) is 3.03. The first-order chi connectivity index (χ1) is 11.0. The van der Waals surface area contributed by atoms with Gasteiger partial charge in [0.05, 0.1) is 0 Å². The first kappa shape index (κ1) is 15.6. The Balaban J connectivity index is 1.92. The quantitative estimate of drug-likeness (QED) is 0.796. The number of rotatable bonds is 4. The molecule has 7 heteroatoms. The second kappa shape index (κ2) is 6.08. The molecule has 0 bridgehead atoms. The van der Waals surface area contributed by atoms with E-state index >= 15 is 0 Å².